The zero-order valence-corrected chi connectivity index (χ0v) is 13.2. The Morgan fingerprint density at radius 3 is 2.90 bits per heavy atom. The summed E-state index contributed by atoms with van der Waals surface area (Å²) in [6, 6.07) is 7.92. The van der Waals surface area contributed by atoms with Crippen LogP contribution < -0.4 is 5.32 Å². The zero-order chi connectivity index (χ0) is 15.1. The lowest BCUT2D eigenvalue weighted by atomic mass is 9.96. The molecular weight excluding hydrogens is 288 g/mol. The molecule has 21 heavy (non-hydrogen) atoms. The third-order valence-corrected chi connectivity index (χ3v) is 4.05. The van der Waals surface area contributed by atoms with Gasteiger partial charge in [0, 0.05) is 31.8 Å². The van der Waals surface area contributed by atoms with Gasteiger partial charge in [-0.15, -0.1) is 0 Å². The van der Waals surface area contributed by atoms with Crippen molar-refractivity contribution >= 4 is 17.5 Å². The summed E-state index contributed by atoms with van der Waals surface area (Å²) in [4.78, 5) is 14.4. The number of carbonyl (C=O) groups is 1. The van der Waals surface area contributed by atoms with E-state index in [2.05, 4.69) is 10.2 Å². The van der Waals surface area contributed by atoms with Crippen molar-refractivity contribution < 1.29 is 9.53 Å². The minimum Gasteiger partial charge on any atom is -0.383 e. The van der Waals surface area contributed by atoms with Crippen LogP contribution in [-0.4, -0.2) is 44.2 Å². The first-order valence-corrected chi connectivity index (χ1v) is 7.80. The highest BCUT2D eigenvalue weighted by atomic mass is 35.5. The molecule has 5 heteroatoms. The second kappa shape index (κ2) is 8.37. The quantitative estimate of drug-likeness (QED) is 0.820. The highest BCUT2D eigenvalue weighted by molar-refractivity contribution is 6.30. The number of piperidine rings is 1. The topological polar surface area (TPSA) is 41.6 Å². The number of likely N-dealkylation sites (tertiary alicyclic amines) is 1. The molecule has 0 saturated carbocycles. The molecule has 116 valence electrons. The standard InChI is InChI=1S/C16H23ClN2O2/c1-21-10-8-18-16(20)14-3-2-9-19(12-14)11-13-4-6-15(17)7-5-13/h4-7,14H,2-3,8-12H2,1H3,(H,18,20)/t14-/m1/s1. The summed E-state index contributed by atoms with van der Waals surface area (Å²) in [6.07, 6.45) is 2.03. The van der Waals surface area contributed by atoms with Crippen LogP contribution in [0.4, 0.5) is 0 Å². The number of hydrogen-bond donors (Lipinski definition) is 1. The van der Waals surface area contributed by atoms with Crippen LogP contribution in [0.3, 0.4) is 0 Å². The van der Waals surface area contributed by atoms with Crippen LogP contribution in [0.2, 0.25) is 5.02 Å². The number of hydrogen-bond acceptors (Lipinski definition) is 3. The molecule has 0 aromatic heterocycles. The molecule has 1 amide bonds. The molecule has 1 aromatic rings. The van der Waals surface area contributed by atoms with Crippen molar-refractivity contribution in [2.75, 3.05) is 33.4 Å². The molecular formula is C16H23ClN2O2. The average molecular weight is 311 g/mol. The van der Waals surface area contributed by atoms with Crippen molar-refractivity contribution in [3.8, 4) is 0 Å². The number of ether oxygens (including phenoxy) is 1. The molecule has 1 fully saturated rings. The zero-order valence-electron chi connectivity index (χ0n) is 12.5. The van der Waals surface area contributed by atoms with Crippen molar-refractivity contribution in [1.29, 1.82) is 0 Å². The Labute approximate surface area is 131 Å². The average Bonchev–Trinajstić information content (AvgIpc) is 2.50. The molecule has 1 aliphatic rings. The molecule has 0 aliphatic carbocycles. The molecule has 2 rings (SSSR count). The van der Waals surface area contributed by atoms with Crippen molar-refractivity contribution in [2.45, 2.75) is 19.4 Å². The van der Waals surface area contributed by atoms with Crippen molar-refractivity contribution in [3.05, 3.63) is 34.9 Å². The van der Waals surface area contributed by atoms with Crippen LogP contribution >= 0.6 is 11.6 Å². The van der Waals surface area contributed by atoms with Gasteiger partial charge in [0.05, 0.1) is 12.5 Å². The second-order valence-corrected chi connectivity index (χ2v) is 5.92. The van der Waals surface area contributed by atoms with Crippen LogP contribution in [0.1, 0.15) is 18.4 Å². The van der Waals surface area contributed by atoms with Crippen LogP contribution in [0.5, 0.6) is 0 Å². The maximum atomic E-state index is 12.1. The number of nitrogens with one attached hydrogen (secondary N) is 1. The minimum absolute atomic E-state index is 0.0860. The van der Waals surface area contributed by atoms with E-state index >= 15 is 0 Å². The number of halogens is 1. The van der Waals surface area contributed by atoms with Crippen molar-refractivity contribution in [2.24, 2.45) is 5.92 Å². The van der Waals surface area contributed by atoms with Gasteiger partial charge < -0.3 is 10.1 Å². The second-order valence-electron chi connectivity index (χ2n) is 5.48. The predicted octanol–water partition coefficient (Wildman–Crippen LogP) is 2.31. The van der Waals surface area contributed by atoms with Gasteiger partial charge >= 0.3 is 0 Å². The van der Waals surface area contributed by atoms with Crippen LogP contribution in [-0.2, 0) is 16.1 Å². The maximum Gasteiger partial charge on any atom is 0.224 e. The van der Waals surface area contributed by atoms with E-state index in [4.69, 9.17) is 16.3 Å². The first-order valence-electron chi connectivity index (χ1n) is 7.42. The van der Waals surface area contributed by atoms with Crippen LogP contribution in [0.25, 0.3) is 0 Å². The van der Waals surface area contributed by atoms with E-state index in [1.54, 1.807) is 7.11 Å². The largest absolute Gasteiger partial charge is 0.383 e. The Hall–Kier alpha value is -1.10. The van der Waals surface area contributed by atoms with Crippen molar-refractivity contribution in [3.63, 3.8) is 0 Å². The molecule has 1 aromatic carbocycles. The summed E-state index contributed by atoms with van der Waals surface area (Å²) < 4.78 is 4.95. The van der Waals surface area contributed by atoms with Crippen LogP contribution in [0, 0.1) is 5.92 Å². The Kier molecular flexibility index (Phi) is 6.49. The monoisotopic (exact) mass is 310 g/mol. The summed E-state index contributed by atoms with van der Waals surface area (Å²) in [6.45, 7) is 3.89. The van der Waals surface area contributed by atoms with Gasteiger partial charge in [0.25, 0.3) is 0 Å². The number of carbonyl (C=O) groups excluding carboxylic acids is 1. The third kappa shape index (κ3) is 5.30. The van der Waals surface area contributed by atoms with Gasteiger partial charge in [0.15, 0.2) is 0 Å². The summed E-state index contributed by atoms with van der Waals surface area (Å²) >= 11 is 5.90. The molecule has 0 radical (unpaired) electrons. The summed E-state index contributed by atoms with van der Waals surface area (Å²) in [5.74, 6) is 0.232. The molecule has 0 bridgehead atoms. The Bertz CT molecular complexity index is 450. The Morgan fingerprint density at radius 1 is 1.43 bits per heavy atom. The van der Waals surface area contributed by atoms with Gasteiger partial charge in [-0.2, -0.15) is 0 Å². The highest BCUT2D eigenvalue weighted by Gasteiger charge is 2.25. The number of benzene rings is 1. The molecule has 1 N–H and O–H groups in total. The predicted molar refractivity (Wildman–Crippen MR) is 84.3 cm³/mol. The van der Waals surface area contributed by atoms with E-state index in [1.807, 2.05) is 24.3 Å². The number of amides is 1. The summed E-state index contributed by atoms with van der Waals surface area (Å²) in [5.41, 5.74) is 1.24. The molecule has 0 unspecified atom stereocenters. The normalized spacial score (nSPS) is 19.4. The maximum absolute atomic E-state index is 12.1. The van der Waals surface area contributed by atoms with Gasteiger partial charge in [-0.25, -0.2) is 0 Å². The van der Waals surface area contributed by atoms with Gasteiger partial charge in [-0.3, -0.25) is 9.69 Å². The van der Waals surface area contributed by atoms with E-state index in [9.17, 15) is 4.79 Å². The van der Waals surface area contributed by atoms with Crippen molar-refractivity contribution in [1.82, 2.24) is 10.2 Å². The van der Waals surface area contributed by atoms with Gasteiger partial charge in [-0.05, 0) is 37.1 Å². The molecule has 4 nitrogen and oxygen atoms in total. The smallest absolute Gasteiger partial charge is 0.224 e. The molecule has 1 aliphatic heterocycles. The van der Waals surface area contributed by atoms with E-state index in [0.717, 1.165) is 37.5 Å². The first-order chi connectivity index (χ1) is 10.2. The van der Waals surface area contributed by atoms with E-state index < -0.39 is 0 Å². The van der Waals surface area contributed by atoms with Crippen LogP contribution in [0.15, 0.2) is 24.3 Å². The molecule has 1 saturated heterocycles. The van der Waals surface area contributed by atoms with Gasteiger partial charge in [-0.1, -0.05) is 23.7 Å². The molecule has 0 spiro atoms. The fourth-order valence-electron chi connectivity index (χ4n) is 2.68. The van der Waals surface area contributed by atoms with Gasteiger partial charge in [0.2, 0.25) is 5.91 Å². The fourth-order valence-corrected chi connectivity index (χ4v) is 2.81. The lowest BCUT2D eigenvalue weighted by Crippen LogP contribution is -2.43. The number of nitrogens with zero attached hydrogens (tertiary/aromatic N) is 1. The summed E-state index contributed by atoms with van der Waals surface area (Å²) in [5, 5.41) is 3.69. The SMILES string of the molecule is COCCNC(=O)[C@@H]1CCCN(Cc2ccc(Cl)cc2)C1. The third-order valence-electron chi connectivity index (χ3n) is 3.80. The number of methoxy groups -OCH3 is 1. The molecule has 1 atom stereocenters. The van der Waals surface area contributed by atoms with E-state index in [0.29, 0.717) is 13.2 Å². The minimum atomic E-state index is 0.0860. The van der Waals surface area contributed by atoms with E-state index in [1.165, 1.54) is 5.56 Å². The Balaban J connectivity index is 1.82. The number of rotatable bonds is 6. The lowest BCUT2D eigenvalue weighted by molar-refractivity contribution is -0.127. The molecule has 1 heterocycles. The summed E-state index contributed by atoms with van der Waals surface area (Å²) in [7, 11) is 1.64. The highest BCUT2D eigenvalue weighted by Crippen LogP contribution is 2.19. The van der Waals surface area contributed by atoms with E-state index in [-0.39, 0.29) is 11.8 Å². The lowest BCUT2D eigenvalue weighted by Gasteiger charge is -2.32. The first kappa shape index (κ1) is 16.3. The van der Waals surface area contributed by atoms with Gasteiger partial charge in [0.1, 0.15) is 0 Å². The fraction of sp³-hybridized carbons (Fsp3) is 0.562. The Morgan fingerprint density at radius 2 is 2.19 bits per heavy atom.